The fourth-order valence-electron chi connectivity index (χ4n) is 0.771. The van der Waals surface area contributed by atoms with Gasteiger partial charge in [0.2, 0.25) is 0 Å². The predicted molar refractivity (Wildman–Crippen MR) is 52.3 cm³/mol. The molecule has 78 valence electrons. The number of ether oxygens (including phenoxy) is 2. The summed E-state index contributed by atoms with van der Waals surface area (Å²) in [5.74, 6) is -0.0296. The lowest BCUT2D eigenvalue weighted by atomic mass is 10.4. The molecule has 0 saturated carbocycles. The Morgan fingerprint density at radius 2 is 2.15 bits per heavy atom. The third kappa shape index (κ3) is 6.86. The Morgan fingerprint density at radius 3 is 2.62 bits per heavy atom. The Balaban J connectivity index is 3.51. The number of rotatable bonds is 8. The van der Waals surface area contributed by atoms with Gasteiger partial charge in [-0.25, -0.2) is 0 Å². The highest BCUT2D eigenvalue weighted by Crippen LogP contribution is 2.12. The molecule has 4 nitrogen and oxygen atoms in total. The topological polar surface area (TPSA) is 55.8 Å². The highest BCUT2D eigenvalue weighted by Gasteiger charge is 2.16. The van der Waals surface area contributed by atoms with E-state index >= 15 is 0 Å². The molecule has 0 bridgehead atoms. The number of carboxylic acid groups (broad SMARTS) is 1. The van der Waals surface area contributed by atoms with Gasteiger partial charge in [-0.05, 0) is 12.2 Å². The van der Waals surface area contributed by atoms with Crippen LogP contribution in [0, 0.1) is 0 Å². The fraction of sp³-hybridized carbons (Fsp3) is 0.875. The normalized spacial score (nSPS) is 12.8. The Labute approximate surface area is 82.6 Å². The summed E-state index contributed by atoms with van der Waals surface area (Å²) in [6.45, 7) is 0.930. The van der Waals surface area contributed by atoms with Gasteiger partial charge in [0.25, 0.3) is 0 Å². The zero-order valence-corrected chi connectivity index (χ0v) is 8.80. The second-order valence-corrected chi connectivity index (χ2v) is 3.81. The third-order valence-electron chi connectivity index (χ3n) is 1.41. The van der Waals surface area contributed by atoms with Crippen molar-refractivity contribution in [3.63, 3.8) is 0 Å². The zero-order chi connectivity index (χ0) is 10.1. The summed E-state index contributed by atoms with van der Waals surface area (Å²) in [6, 6.07) is 0. The van der Waals surface area contributed by atoms with Crippen LogP contribution < -0.4 is 0 Å². The van der Waals surface area contributed by atoms with Crippen molar-refractivity contribution in [3.8, 4) is 0 Å². The smallest absolute Gasteiger partial charge is 0.319 e. The molecule has 0 amide bonds. The summed E-state index contributed by atoms with van der Waals surface area (Å²) in [4.78, 5) is 10.6. The predicted octanol–water partition coefficient (Wildman–Crippen LogP) is 0.856. The number of carboxylic acids is 1. The molecule has 1 unspecified atom stereocenters. The number of hydrogen-bond donors (Lipinski definition) is 1. The third-order valence-corrected chi connectivity index (χ3v) is 2.67. The van der Waals surface area contributed by atoms with E-state index in [9.17, 15) is 4.79 Å². The largest absolute Gasteiger partial charge is 0.480 e. The van der Waals surface area contributed by atoms with Gasteiger partial charge in [-0.2, -0.15) is 0 Å². The summed E-state index contributed by atoms with van der Waals surface area (Å²) in [5, 5.41) is 8.27. The highest BCUT2D eigenvalue weighted by atomic mass is 32.2. The lowest BCUT2D eigenvalue weighted by molar-refractivity contribution is -0.137. The summed E-state index contributed by atoms with van der Waals surface area (Å²) in [6.07, 6.45) is 0.870. The van der Waals surface area contributed by atoms with Gasteiger partial charge in [-0.1, -0.05) is 0 Å². The van der Waals surface area contributed by atoms with E-state index in [0.29, 0.717) is 6.61 Å². The lowest BCUT2D eigenvalue weighted by Crippen LogP contribution is -2.22. The molecule has 5 heteroatoms. The van der Waals surface area contributed by atoms with E-state index in [1.807, 2.05) is 0 Å². The first-order valence-corrected chi connectivity index (χ1v) is 5.09. The summed E-state index contributed by atoms with van der Waals surface area (Å²) >= 11 is 1.39. The van der Waals surface area contributed by atoms with Crippen molar-refractivity contribution in [3.05, 3.63) is 0 Å². The first kappa shape index (κ1) is 12.7. The van der Waals surface area contributed by atoms with Gasteiger partial charge in [-0.3, -0.25) is 4.79 Å². The van der Waals surface area contributed by atoms with E-state index in [-0.39, 0.29) is 6.61 Å². The molecular weight excluding hydrogens is 192 g/mol. The maximum absolute atomic E-state index is 10.6. The van der Waals surface area contributed by atoms with Crippen LogP contribution >= 0.6 is 11.8 Å². The molecule has 0 spiro atoms. The van der Waals surface area contributed by atoms with Crippen LogP contribution in [0.15, 0.2) is 0 Å². The molecule has 0 aromatic carbocycles. The summed E-state index contributed by atoms with van der Waals surface area (Å²) < 4.78 is 9.64. The number of hydrogen-bond acceptors (Lipinski definition) is 4. The van der Waals surface area contributed by atoms with Gasteiger partial charge in [0, 0.05) is 20.8 Å². The van der Waals surface area contributed by atoms with E-state index in [1.54, 1.807) is 7.11 Å². The van der Waals surface area contributed by atoms with E-state index in [0.717, 1.165) is 12.2 Å². The molecule has 0 radical (unpaired) electrons. The van der Waals surface area contributed by atoms with Crippen LogP contribution in [0.3, 0.4) is 0 Å². The molecule has 0 aliphatic heterocycles. The molecule has 0 saturated heterocycles. The lowest BCUT2D eigenvalue weighted by Gasteiger charge is -2.09. The van der Waals surface area contributed by atoms with Crippen LogP contribution in [-0.4, -0.2) is 49.5 Å². The second kappa shape index (κ2) is 8.34. The van der Waals surface area contributed by atoms with Crippen molar-refractivity contribution < 1.29 is 19.4 Å². The summed E-state index contributed by atoms with van der Waals surface area (Å²) in [5.41, 5.74) is 0. The molecule has 0 aromatic heterocycles. The van der Waals surface area contributed by atoms with Crippen molar-refractivity contribution in [2.45, 2.75) is 11.7 Å². The van der Waals surface area contributed by atoms with Gasteiger partial charge < -0.3 is 14.6 Å². The minimum Gasteiger partial charge on any atom is -0.480 e. The average molecular weight is 208 g/mol. The van der Waals surface area contributed by atoms with Crippen LogP contribution in [0.1, 0.15) is 6.42 Å². The van der Waals surface area contributed by atoms with Gasteiger partial charge in [-0.15, -0.1) is 11.8 Å². The van der Waals surface area contributed by atoms with Crippen LogP contribution in [0.2, 0.25) is 0 Å². The van der Waals surface area contributed by atoms with Crippen LogP contribution in [-0.2, 0) is 14.3 Å². The van der Waals surface area contributed by atoms with Crippen molar-refractivity contribution in [1.82, 2.24) is 0 Å². The molecule has 13 heavy (non-hydrogen) atoms. The van der Waals surface area contributed by atoms with E-state index in [1.165, 1.54) is 18.9 Å². The molecule has 0 aromatic rings. The first-order chi connectivity index (χ1) is 6.22. The van der Waals surface area contributed by atoms with Crippen molar-refractivity contribution in [2.24, 2.45) is 0 Å². The summed E-state index contributed by atoms with van der Waals surface area (Å²) in [7, 11) is 3.14. The fourth-order valence-corrected chi connectivity index (χ4v) is 1.71. The molecule has 0 rings (SSSR count). The van der Waals surface area contributed by atoms with E-state index in [4.69, 9.17) is 14.6 Å². The highest BCUT2D eigenvalue weighted by molar-refractivity contribution is 8.00. The van der Waals surface area contributed by atoms with Gasteiger partial charge in [0.05, 0.1) is 6.61 Å². The Hall–Kier alpha value is -0.260. The molecule has 0 heterocycles. The maximum atomic E-state index is 10.6. The maximum Gasteiger partial charge on any atom is 0.319 e. The van der Waals surface area contributed by atoms with E-state index < -0.39 is 11.2 Å². The molecule has 1 N–H and O–H groups in total. The number of carbonyl (C=O) groups is 1. The van der Waals surface area contributed by atoms with Gasteiger partial charge in [0.1, 0.15) is 5.25 Å². The number of thioether (sulfide) groups is 1. The quantitative estimate of drug-likeness (QED) is 0.599. The Kier molecular flexibility index (Phi) is 8.18. The molecule has 0 aliphatic carbocycles. The molecular formula is C8H16O4S. The van der Waals surface area contributed by atoms with Crippen LogP contribution in [0.25, 0.3) is 0 Å². The number of methoxy groups -OCH3 is 2. The van der Waals surface area contributed by atoms with E-state index in [2.05, 4.69) is 0 Å². The monoisotopic (exact) mass is 208 g/mol. The standard InChI is InChI=1S/C8H16O4S/c1-11-4-3-5-13-7(6-12-2)8(9)10/h7H,3-6H2,1-2H3,(H,9,10). The SMILES string of the molecule is COCCCSC(COC)C(=O)O. The Morgan fingerprint density at radius 1 is 1.46 bits per heavy atom. The van der Waals surface area contributed by atoms with Crippen molar-refractivity contribution >= 4 is 17.7 Å². The molecule has 0 aliphatic rings. The molecule has 0 fully saturated rings. The number of aliphatic carboxylic acids is 1. The average Bonchev–Trinajstić information content (AvgIpc) is 2.10. The minimum atomic E-state index is -0.815. The van der Waals surface area contributed by atoms with Crippen LogP contribution in [0.5, 0.6) is 0 Å². The van der Waals surface area contributed by atoms with Gasteiger partial charge >= 0.3 is 5.97 Å². The minimum absolute atomic E-state index is 0.257. The van der Waals surface area contributed by atoms with Gasteiger partial charge in [0.15, 0.2) is 0 Å². The Bertz CT molecular complexity index is 140. The van der Waals surface area contributed by atoms with Crippen molar-refractivity contribution in [1.29, 1.82) is 0 Å². The first-order valence-electron chi connectivity index (χ1n) is 4.04. The zero-order valence-electron chi connectivity index (χ0n) is 7.99. The van der Waals surface area contributed by atoms with Crippen molar-refractivity contribution in [2.75, 3.05) is 33.2 Å². The second-order valence-electron chi connectivity index (χ2n) is 2.50. The molecule has 1 atom stereocenters. The van der Waals surface area contributed by atoms with Crippen LogP contribution in [0.4, 0.5) is 0 Å².